The van der Waals surface area contributed by atoms with Crippen molar-refractivity contribution in [1.82, 2.24) is 9.21 Å². The third-order valence-corrected chi connectivity index (χ3v) is 6.91. The topological polar surface area (TPSA) is 66.9 Å². The quantitative estimate of drug-likeness (QED) is 0.789. The molecule has 1 saturated heterocycles. The van der Waals surface area contributed by atoms with Crippen LogP contribution in [0, 0.1) is 13.8 Å². The Hall–Kier alpha value is -2.38. The van der Waals surface area contributed by atoms with Gasteiger partial charge in [-0.25, -0.2) is 8.42 Å². The molecule has 1 aliphatic rings. The van der Waals surface area contributed by atoms with Gasteiger partial charge in [0.1, 0.15) is 5.75 Å². The Bertz CT molecular complexity index is 935. The van der Waals surface area contributed by atoms with Crippen LogP contribution in [-0.4, -0.2) is 56.8 Å². The molecule has 0 saturated carbocycles. The highest BCUT2D eigenvalue weighted by molar-refractivity contribution is 7.89. The van der Waals surface area contributed by atoms with Gasteiger partial charge in [0.15, 0.2) is 0 Å². The first-order valence-electron chi connectivity index (χ1n) is 9.34. The van der Waals surface area contributed by atoms with E-state index in [1.165, 1.54) is 4.31 Å². The molecule has 0 radical (unpaired) electrons. The van der Waals surface area contributed by atoms with Crippen LogP contribution >= 0.6 is 0 Å². The molecule has 6 nitrogen and oxygen atoms in total. The van der Waals surface area contributed by atoms with Gasteiger partial charge >= 0.3 is 0 Å². The van der Waals surface area contributed by atoms with E-state index < -0.39 is 10.0 Å². The van der Waals surface area contributed by atoms with Crippen LogP contribution in [0.15, 0.2) is 47.4 Å². The molecular formula is C21H26N2O4S. The number of carbonyl (C=O) groups excluding carboxylic acids is 1. The van der Waals surface area contributed by atoms with Crippen LogP contribution < -0.4 is 4.74 Å². The van der Waals surface area contributed by atoms with Crippen LogP contribution in [0.1, 0.15) is 27.9 Å². The van der Waals surface area contributed by atoms with Crippen molar-refractivity contribution in [1.29, 1.82) is 0 Å². The molecule has 0 N–H and O–H groups in total. The molecule has 0 unspecified atom stereocenters. The Morgan fingerprint density at radius 3 is 2.21 bits per heavy atom. The van der Waals surface area contributed by atoms with Gasteiger partial charge in [0.05, 0.1) is 12.0 Å². The van der Waals surface area contributed by atoms with E-state index in [1.54, 1.807) is 36.3 Å². The summed E-state index contributed by atoms with van der Waals surface area (Å²) in [6, 6.07) is 12.4. The number of ether oxygens (including phenoxy) is 1. The summed E-state index contributed by atoms with van der Waals surface area (Å²) >= 11 is 0. The molecule has 3 rings (SSSR count). The Morgan fingerprint density at radius 2 is 1.61 bits per heavy atom. The van der Waals surface area contributed by atoms with Crippen LogP contribution in [0.2, 0.25) is 0 Å². The van der Waals surface area contributed by atoms with Crippen molar-refractivity contribution >= 4 is 15.9 Å². The van der Waals surface area contributed by atoms with E-state index in [1.807, 2.05) is 32.0 Å². The second-order valence-electron chi connectivity index (χ2n) is 7.01. The monoisotopic (exact) mass is 402 g/mol. The first-order chi connectivity index (χ1) is 13.3. The molecule has 0 aromatic heterocycles. The van der Waals surface area contributed by atoms with Crippen LogP contribution in [-0.2, 0) is 10.0 Å². The lowest BCUT2D eigenvalue weighted by molar-refractivity contribution is 0.0764. The molecule has 28 heavy (non-hydrogen) atoms. The second-order valence-corrected chi connectivity index (χ2v) is 8.94. The van der Waals surface area contributed by atoms with Crippen molar-refractivity contribution in [3.8, 4) is 5.75 Å². The highest BCUT2D eigenvalue weighted by atomic mass is 32.2. The number of sulfonamides is 1. The number of carbonyl (C=O) groups is 1. The van der Waals surface area contributed by atoms with Crippen molar-refractivity contribution in [2.45, 2.75) is 25.2 Å². The number of hydrogen-bond donors (Lipinski definition) is 0. The van der Waals surface area contributed by atoms with Gasteiger partial charge in [0.25, 0.3) is 5.91 Å². The molecule has 1 fully saturated rings. The molecule has 0 atom stereocenters. The summed E-state index contributed by atoms with van der Waals surface area (Å²) in [6.07, 6.45) is 0.603. The summed E-state index contributed by atoms with van der Waals surface area (Å²) in [4.78, 5) is 14.7. The lowest BCUT2D eigenvalue weighted by Gasteiger charge is -2.22. The fourth-order valence-corrected chi connectivity index (χ4v) is 5.27. The summed E-state index contributed by atoms with van der Waals surface area (Å²) in [6.45, 7) is 5.28. The van der Waals surface area contributed by atoms with Crippen molar-refractivity contribution in [3.63, 3.8) is 0 Å². The molecule has 2 aromatic rings. The molecule has 1 heterocycles. The minimum atomic E-state index is -3.63. The van der Waals surface area contributed by atoms with Crippen LogP contribution in [0.4, 0.5) is 0 Å². The number of benzene rings is 2. The zero-order chi connectivity index (χ0) is 20.3. The van der Waals surface area contributed by atoms with E-state index in [9.17, 15) is 13.2 Å². The van der Waals surface area contributed by atoms with Gasteiger partial charge in [0, 0.05) is 31.7 Å². The highest BCUT2D eigenvalue weighted by Gasteiger charge is 2.29. The first-order valence-corrected chi connectivity index (χ1v) is 10.8. The molecule has 150 valence electrons. The zero-order valence-electron chi connectivity index (χ0n) is 16.5. The highest BCUT2D eigenvalue weighted by Crippen LogP contribution is 2.28. The number of hydrogen-bond acceptors (Lipinski definition) is 4. The van der Waals surface area contributed by atoms with E-state index in [0.717, 1.165) is 11.1 Å². The third-order valence-electron chi connectivity index (χ3n) is 5.04. The third kappa shape index (κ3) is 4.05. The van der Waals surface area contributed by atoms with Gasteiger partial charge in [-0.1, -0.05) is 18.2 Å². The summed E-state index contributed by atoms with van der Waals surface area (Å²) in [5, 5.41) is 0. The maximum Gasteiger partial charge on any atom is 0.253 e. The Morgan fingerprint density at radius 1 is 0.964 bits per heavy atom. The van der Waals surface area contributed by atoms with Crippen LogP contribution in [0.25, 0.3) is 0 Å². The summed E-state index contributed by atoms with van der Waals surface area (Å²) in [5.74, 6) is 0.644. The fraction of sp³-hybridized carbons (Fsp3) is 0.381. The average molecular weight is 403 g/mol. The predicted octanol–water partition coefficient (Wildman–Crippen LogP) is 2.85. The fourth-order valence-electron chi connectivity index (χ4n) is 3.63. The molecule has 1 amide bonds. The van der Waals surface area contributed by atoms with E-state index in [-0.39, 0.29) is 17.3 Å². The molecule has 0 aliphatic carbocycles. The average Bonchev–Trinajstić information content (AvgIpc) is 2.94. The van der Waals surface area contributed by atoms with E-state index >= 15 is 0 Å². The minimum Gasteiger partial charge on any atom is -0.496 e. The number of amides is 1. The van der Waals surface area contributed by atoms with Crippen molar-refractivity contribution < 1.29 is 17.9 Å². The SMILES string of the molecule is COc1c(C)cc(S(=O)(=O)N2CCCN(C(=O)c3ccccc3)CC2)cc1C. The van der Waals surface area contributed by atoms with Gasteiger partial charge in [-0.3, -0.25) is 4.79 Å². The molecule has 2 aromatic carbocycles. The van der Waals surface area contributed by atoms with E-state index in [4.69, 9.17) is 4.74 Å². The van der Waals surface area contributed by atoms with E-state index in [2.05, 4.69) is 0 Å². The smallest absolute Gasteiger partial charge is 0.253 e. The van der Waals surface area contributed by atoms with E-state index in [0.29, 0.717) is 37.4 Å². The van der Waals surface area contributed by atoms with Crippen molar-refractivity contribution in [2.75, 3.05) is 33.3 Å². The summed E-state index contributed by atoms with van der Waals surface area (Å²) in [7, 11) is -2.05. The number of rotatable bonds is 4. The van der Waals surface area contributed by atoms with Gasteiger partial charge in [0.2, 0.25) is 10.0 Å². The van der Waals surface area contributed by atoms with Gasteiger partial charge in [-0.15, -0.1) is 0 Å². The largest absolute Gasteiger partial charge is 0.496 e. The zero-order valence-corrected chi connectivity index (χ0v) is 17.3. The maximum absolute atomic E-state index is 13.2. The summed E-state index contributed by atoms with van der Waals surface area (Å²) < 4.78 is 33.2. The first kappa shape index (κ1) is 20.4. The van der Waals surface area contributed by atoms with Crippen molar-refractivity contribution in [3.05, 3.63) is 59.2 Å². The Balaban J connectivity index is 1.79. The lowest BCUT2D eigenvalue weighted by atomic mass is 10.1. The Labute approximate surface area is 166 Å². The number of methoxy groups -OCH3 is 1. The van der Waals surface area contributed by atoms with Crippen LogP contribution in [0.3, 0.4) is 0 Å². The molecule has 0 bridgehead atoms. The van der Waals surface area contributed by atoms with Crippen molar-refractivity contribution in [2.24, 2.45) is 0 Å². The minimum absolute atomic E-state index is 0.0593. The Kier molecular flexibility index (Phi) is 6.05. The predicted molar refractivity (Wildman–Crippen MR) is 108 cm³/mol. The van der Waals surface area contributed by atoms with Gasteiger partial charge < -0.3 is 9.64 Å². The molecular weight excluding hydrogens is 376 g/mol. The number of aryl methyl sites for hydroxylation is 2. The maximum atomic E-state index is 13.2. The number of nitrogens with zero attached hydrogens (tertiary/aromatic N) is 2. The lowest BCUT2D eigenvalue weighted by Crippen LogP contribution is -2.37. The normalized spacial score (nSPS) is 15.9. The molecule has 1 aliphatic heterocycles. The molecule has 7 heteroatoms. The standard InChI is InChI=1S/C21H26N2O4S/c1-16-14-19(15-17(2)20(16)27-3)28(25,26)23-11-7-10-22(12-13-23)21(24)18-8-5-4-6-9-18/h4-6,8-9,14-15H,7,10-13H2,1-3H3. The van der Waals surface area contributed by atoms with Gasteiger partial charge in [-0.05, 0) is 55.7 Å². The van der Waals surface area contributed by atoms with Crippen LogP contribution in [0.5, 0.6) is 5.75 Å². The second kappa shape index (κ2) is 8.32. The van der Waals surface area contributed by atoms with Gasteiger partial charge in [-0.2, -0.15) is 4.31 Å². The molecule has 0 spiro atoms. The summed E-state index contributed by atoms with van der Waals surface area (Å²) in [5.41, 5.74) is 2.20.